The number of nitrogens with zero attached hydrogens (tertiary/aromatic N) is 1. The zero-order valence-electron chi connectivity index (χ0n) is 9.96. The van der Waals surface area contributed by atoms with Crippen molar-refractivity contribution >= 4 is 17.4 Å². The molecule has 0 heterocycles. The highest BCUT2D eigenvalue weighted by molar-refractivity contribution is 7.99. The van der Waals surface area contributed by atoms with Crippen LogP contribution in [0.1, 0.15) is 18.9 Å². The number of nitro groups is 1. The molecule has 2 N–H and O–H groups in total. The maximum absolute atomic E-state index is 10.8. The van der Waals surface area contributed by atoms with Gasteiger partial charge in [-0.3, -0.25) is 10.1 Å². The van der Waals surface area contributed by atoms with Gasteiger partial charge in [-0.2, -0.15) is 11.8 Å². The largest absolute Gasteiger partial charge is 0.327 e. The third kappa shape index (κ3) is 4.75. The van der Waals surface area contributed by atoms with E-state index in [9.17, 15) is 10.1 Å². The van der Waals surface area contributed by atoms with Crippen LogP contribution in [0.3, 0.4) is 0 Å². The quantitative estimate of drug-likeness (QED) is 0.461. The van der Waals surface area contributed by atoms with Crippen LogP contribution in [0.25, 0.3) is 0 Å². The Morgan fingerprint density at radius 1 is 1.47 bits per heavy atom. The van der Waals surface area contributed by atoms with Gasteiger partial charge in [-0.05, 0) is 18.6 Å². The molecule has 0 fully saturated rings. The Morgan fingerprint density at radius 3 is 2.82 bits per heavy atom. The third-order valence-corrected chi connectivity index (χ3v) is 3.72. The molecular formula is C12H18N2O2S. The van der Waals surface area contributed by atoms with Gasteiger partial charge in [0.05, 0.1) is 4.92 Å². The van der Waals surface area contributed by atoms with Crippen LogP contribution in [0.5, 0.6) is 0 Å². The van der Waals surface area contributed by atoms with Crippen molar-refractivity contribution < 1.29 is 4.92 Å². The molecule has 0 spiro atoms. The van der Waals surface area contributed by atoms with Gasteiger partial charge in [0.1, 0.15) is 0 Å². The van der Waals surface area contributed by atoms with Crippen molar-refractivity contribution in [1.29, 1.82) is 0 Å². The summed E-state index contributed by atoms with van der Waals surface area (Å²) in [7, 11) is 0. The molecule has 17 heavy (non-hydrogen) atoms. The van der Waals surface area contributed by atoms with Crippen LogP contribution >= 0.6 is 11.8 Å². The number of thioether (sulfide) groups is 1. The Kier molecular flexibility index (Phi) is 6.00. The summed E-state index contributed by atoms with van der Waals surface area (Å²) < 4.78 is 0. The van der Waals surface area contributed by atoms with Crippen LogP contribution in [0, 0.1) is 10.1 Å². The topological polar surface area (TPSA) is 69.2 Å². The second-order valence-corrected chi connectivity index (χ2v) is 5.03. The van der Waals surface area contributed by atoms with E-state index in [1.807, 2.05) is 12.1 Å². The van der Waals surface area contributed by atoms with Crippen molar-refractivity contribution in [1.82, 2.24) is 0 Å². The first-order valence-electron chi connectivity index (χ1n) is 5.70. The van der Waals surface area contributed by atoms with Crippen molar-refractivity contribution in [3.63, 3.8) is 0 Å². The molecule has 0 saturated heterocycles. The van der Waals surface area contributed by atoms with Gasteiger partial charge in [0.25, 0.3) is 5.69 Å². The Bertz CT molecular complexity index is 371. The summed E-state index contributed by atoms with van der Waals surface area (Å²) in [6.07, 6.45) is 1.69. The zero-order chi connectivity index (χ0) is 12.7. The molecule has 1 unspecified atom stereocenters. The molecule has 0 radical (unpaired) electrons. The first-order chi connectivity index (χ1) is 8.15. The molecule has 1 atom stereocenters. The summed E-state index contributed by atoms with van der Waals surface area (Å²) in [6, 6.07) is 7.13. The molecule has 4 nitrogen and oxygen atoms in total. The summed E-state index contributed by atoms with van der Waals surface area (Å²) >= 11 is 1.75. The fourth-order valence-corrected chi connectivity index (χ4v) is 2.50. The lowest BCUT2D eigenvalue weighted by atomic mass is 10.1. The van der Waals surface area contributed by atoms with E-state index in [4.69, 9.17) is 5.73 Å². The predicted octanol–water partition coefficient (Wildman–Crippen LogP) is 2.61. The molecule has 0 aliphatic heterocycles. The maximum atomic E-state index is 10.8. The number of hydrogen-bond donors (Lipinski definition) is 1. The summed E-state index contributed by atoms with van der Waals surface area (Å²) in [5, 5.41) is 10.8. The molecule has 1 rings (SSSR count). The minimum absolute atomic E-state index is 0.216. The van der Waals surface area contributed by atoms with Gasteiger partial charge in [0.15, 0.2) is 0 Å². The Hall–Kier alpha value is -1.07. The molecule has 0 saturated carbocycles. The van der Waals surface area contributed by atoms with E-state index < -0.39 is 0 Å². The molecule has 1 aromatic carbocycles. The Balaban J connectivity index is 2.44. The van der Waals surface area contributed by atoms with Gasteiger partial charge in [-0.15, -0.1) is 0 Å². The molecule has 94 valence electrons. The summed E-state index contributed by atoms with van der Waals surface area (Å²) in [5.41, 5.74) is 6.82. The molecule has 1 aromatic rings. The molecule has 5 heteroatoms. The second kappa shape index (κ2) is 7.29. The molecule has 0 bridgehead atoms. The molecule has 0 aromatic heterocycles. The molecule has 0 aliphatic carbocycles. The lowest BCUT2D eigenvalue weighted by molar-refractivity contribution is -0.385. The van der Waals surface area contributed by atoms with Crippen molar-refractivity contribution in [3.8, 4) is 0 Å². The molecule has 0 aliphatic rings. The number of nitrogens with two attached hydrogens (primary N) is 1. The van der Waals surface area contributed by atoms with Crippen LogP contribution in [-0.4, -0.2) is 22.5 Å². The van der Waals surface area contributed by atoms with Crippen LogP contribution < -0.4 is 5.73 Å². The summed E-state index contributed by atoms with van der Waals surface area (Å²) in [4.78, 5) is 10.5. The second-order valence-electron chi connectivity index (χ2n) is 3.88. The monoisotopic (exact) mass is 254 g/mol. The van der Waals surface area contributed by atoms with E-state index in [2.05, 4.69) is 6.92 Å². The number of rotatable bonds is 7. The lowest BCUT2D eigenvalue weighted by Gasteiger charge is -2.07. The van der Waals surface area contributed by atoms with Crippen molar-refractivity contribution in [3.05, 3.63) is 39.9 Å². The smallest absolute Gasteiger partial charge is 0.272 e. The average Bonchev–Trinajstić information content (AvgIpc) is 2.34. The Labute approximate surface area is 106 Å². The third-order valence-electron chi connectivity index (χ3n) is 2.56. The van der Waals surface area contributed by atoms with E-state index in [0.29, 0.717) is 0 Å². The van der Waals surface area contributed by atoms with E-state index in [1.54, 1.807) is 23.9 Å². The zero-order valence-corrected chi connectivity index (χ0v) is 10.8. The van der Waals surface area contributed by atoms with Gasteiger partial charge in [0, 0.05) is 23.4 Å². The molecular weight excluding hydrogens is 236 g/mol. The average molecular weight is 254 g/mol. The Morgan fingerprint density at radius 2 is 2.18 bits per heavy atom. The van der Waals surface area contributed by atoms with Crippen LogP contribution in [0.2, 0.25) is 0 Å². The minimum atomic E-state index is -0.322. The first-order valence-corrected chi connectivity index (χ1v) is 6.86. The highest BCUT2D eigenvalue weighted by Gasteiger charge is 2.11. The number of aryl methyl sites for hydroxylation is 1. The van der Waals surface area contributed by atoms with Crippen molar-refractivity contribution in [2.75, 3.05) is 11.5 Å². The number of hydrogen-bond acceptors (Lipinski definition) is 4. The highest BCUT2D eigenvalue weighted by atomic mass is 32.2. The molecule has 0 amide bonds. The van der Waals surface area contributed by atoms with Gasteiger partial charge in [0.2, 0.25) is 0 Å². The van der Waals surface area contributed by atoms with Crippen LogP contribution in [0.15, 0.2) is 24.3 Å². The van der Waals surface area contributed by atoms with Crippen LogP contribution in [0.4, 0.5) is 5.69 Å². The fourth-order valence-electron chi connectivity index (χ4n) is 1.44. The summed E-state index contributed by atoms with van der Waals surface area (Å²) in [5.74, 6) is 1.79. The van der Waals surface area contributed by atoms with Crippen molar-refractivity contribution in [2.45, 2.75) is 25.8 Å². The van der Waals surface area contributed by atoms with E-state index in [-0.39, 0.29) is 16.7 Å². The first kappa shape index (κ1) is 14.0. The minimum Gasteiger partial charge on any atom is -0.327 e. The lowest BCUT2D eigenvalue weighted by Crippen LogP contribution is -2.21. The van der Waals surface area contributed by atoms with Gasteiger partial charge in [-0.1, -0.05) is 25.1 Å². The maximum Gasteiger partial charge on any atom is 0.272 e. The van der Waals surface area contributed by atoms with Gasteiger partial charge >= 0.3 is 0 Å². The van der Waals surface area contributed by atoms with Crippen molar-refractivity contribution in [2.24, 2.45) is 5.73 Å². The van der Waals surface area contributed by atoms with E-state index in [1.165, 1.54) is 0 Å². The fraction of sp³-hybridized carbons (Fsp3) is 0.500. The normalized spacial score (nSPS) is 12.4. The van der Waals surface area contributed by atoms with E-state index in [0.717, 1.165) is 29.9 Å². The van der Waals surface area contributed by atoms with Gasteiger partial charge < -0.3 is 5.73 Å². The number of para-hydroxylation sites is 1. The highest BCUT2D eigenvalue weighted by Crippen LogP contribution is 2.19. The van der Waals surface area contributed by atoms with E-state index >= 15 is 0 Å². The standard InChI is InChI=1S/C12H18N2O2S/c1-2-11(13)9-17-8-7-10-5-3-4-6-12(10)14(15)16/h3-6,11H,2,7-9,13H2,1H3. The van der Waals surface area contributed by atoms with Gasteiger partial charge in [-0.25, -0.2) is 0 Å². The van der Waals surface area contributed by atoms with Crippen LogP contribution in [-0.2, 0) is 6.42 Å². The summed E-state index contributed by atoms with van der Waals surface area (Å²) in [6.45, 7) is 2.06. The SMILES string of the molecule is CCC(N)CSCCc1ccccc1[N+](=O)[O-]. The number of nitro benzene ring substituents is 1. The number of benzene rings is 1. The predicted molar refractivity (Wildman–Crippen MR) is 72.4 cm³/mol.